The number of hydrazone groups is 1. The Morgan fingerprint density at radius 2 is 1.85 bits per heavy atom. The van der Waals surface area contributed by atoms with E-state index in [0.29, 0.717) is 27.9 Å². The van der Waals surface area contributed by atoms with Gasteiger partial charge in [-0.1, -0.05) is 41.9 Å². The van der Waals surface area contributed by atoms with E-state index >= 15 is 0 Å². The molecular weight excluding hydrogens is 450 g/mol. The number of para-hydroxylation sites is 1. The summed E-state index contributed by atoms with van der Waals surface area (Å²) in [5, 5.41) is 16.0. The molecule has 170 valence electrons. The summed E-state index contributed by atoms with van der Waals surface area (Å²) < 4.78 is 10.9. The van der Waals surface area contributed by atoms with E-state index in [9.17, 15) is 19.5 Å². The van der Waals surface area contributed by atoms with E-state index in [-0.39, 0.29) is 12.2 Å². The number of furan rings is 1. The molecule has 0 spiro atoms. The van der Waals surface area contributed by atoms with Gasteiger partial charge in [-0.25, -0.2) is 10.2 Å². The molecular formula is C23H20ClN3O6. The number of carbonyl (C=O) groups excluding carboxylic acids is 2. The summed E-state index contributed by atoms with van der Waals surface area (Å²) in [7, 11) is 0. The molecule has 0 saturated carbocycles. The van der Waals surface area contributed by atoms with Crippen molar-refractivity contribution in [2.24, 2.45) is 5.10 Å². The normalized spacial score (nSPS) is 11.7. The number of nitrogens with zero attached hydrogens (tertiary/aromatic N) is 1. The van der Waals surface area contributed by atoms with Crippen molar-refractivity contribution in [3.63, 3.8) is 0 Å². The van der Waals surface area contributed by atoms with Gasteiger partial charge in [0.2, 0.25) is 0 Å². The fraction of sp³-hybridized carbons (Fsp3) is 0.130. The van der Waals surface area contributed by atoms with Crippen LogP contribution in [0.25, 0.3) is 11.3 Å². The Morgan fingerprint density at radius 3 is 2.61 bits per heavy atom. The van der Waals surface area contributed by atoms with Gasteiger partial charge in [-0.05, 0) is 37.3 Å². The van der Waals surface area contributed by atoms with E-state index in [1.807, 2.05) is 0 Å². The van der Waals surface area contributed by atoms with Crippen molar-refractivity contribution in [2.75, 3.05) is 6.61 Å². The van der Waals surface area contributed by atoms with E-state index in [1.54, 1.807) is 54.6 Å². The lowest BCUT2D eigenvalue weighted by molar-refractivity contribution is -0.129. The molecule has 3 rings (SSSR count). The number of ether oxygens (including phenoxy) is 1. The van der Waals surface area contributed by atoms with Crippen molar-refractivity contribution in [3.05, 3.63) is 77.0 Å². The molecule has 1 aromatic heterocycles. The molecule has 0 saturated heterocycles. The predicted molar refractivity (Wildman–Crippen MR) is 121 cm³/mol. The van der Waals surface area contributed by atoms with Crippen molar-refractivity contribution in [3.8, 4) is 17.1 Å². The Balaban J connectivity index is 1.50. The van der Waals surface area contributed by atoms with Crippen LogP contribution in [0, 0.1) is 0 Å². The fourth-order valence-corrected chi connectivity index (χ4v) is 2.95. The Labute approximate surface area is 194 Å². The number of hydrogen-bond acceptors (Lipinski definition) is 6. The van der Waals surface area contributed by atoms with Crippen LogP contribution in [0.5, 0.6) is 5.75 Å². The van der Waals surface area contributed by atoms with Gasteiger partial charge < -0.3 is 19.6 Å². The van der Waals surface area contributed by atoms with Gasteiger partial charge >= 0.3 is 5.97 Å². The lowest BCUT2D eigenvalue weighted by Gasteiger charge is -2.13. The largest absolute Gasteiger partial charge is 0.482 e. The van der Waals surface area contributed by atoms with Gasteiger partial charge in [0.25, 0.3) is 11.8 Å². The minimum atomic E-state index is -1.07. The van der Waals surface area contributed by atoms with Crippen molar-refractivity contribution in [1.82, 2.24) is 10.7 Å². The van der Waals surface area contributed by atoms with Crippen LogP contribution in [-0.2, 0) is 9.59 Å². The minimum absolute atomic E-state index is 0.103. The Morgan fingerprint density at radius 1 is 1.12 bits per heavy atom. The first-order valence-electron chi connectivity index (χ1n) is 9.77. The van der Waals surface area contributed by atoms with Crippen LogP contribution in [0.15, 0.2) is 70.2 Å². The average molecular weight is 470 g/mol. The Kier molecular flexibility index (Phi) is 7.82. The van der Waals surface area contributed by atoms with Crippen molar-refractivity contribution in [2.45, 2.75) is 13.0 Å². The number of rotatable bonds is 9. The van der Waals surface area contributed by atoms with Crippen LogP contribution in [0.3, 0.4) is 0 Å². The SMILES string of the molecule is C[C@@H](NC(=O)COc1ccccc1Cl)C(=O)N/N=C\c1ccc(-c2ccccc2C(=O)O)o1. The molecule has 0 aliphatic carbocycles. The second-order valence-electron chi connectivity index (χ2n) is 6.80. The van der Waals surface area contributed by atoms with Crippen LogP contribution >= 0.6 is 11.6 Å². The zero-order chi connectivity index (χ0) is 23.8. The van der Waals surface area contributed by atoms with Crippen LogP contribution in [-0.4, -0.2) is 41.8 Å². The van der Waals surface area contributed by atoms with Crippen LogP contribution < -0.4 is 15.5 Å². The highest BCUT2D eigenvalue weighted by atomic mass is 35.5. The minimum Gasteiger partial charge on any atom is -0.482 e. The third-order valence-corrected chi connectivity index (χ3v) is 4.69. The molecule has 0 aliphatic rings. The summed E-state index contributed by atoms with van der Waals surface area (Å²) >= 11 is 5.96. The Hall–Kier alpha value is -4.11. The van der Waals surface area contributed by atoms with E-state index in [4.69, 9.17) is 20.8 Å². The zero-order valence-corrected chi connectivity index (χ0v) is 18.2. The molecule has 3 aromatic rings. The summed E-state index contributed by atoms with van der Waals surface area (Å²) in [4.78, 5) is 35.5. The summed E-state index contributed by atoms with van der Waals surface area (Å²) in [6.45, 7) is 1.18. The van der Waals surface area contributed by atoms with Crippen LogP contribution in [0.2, 0.25) is 5.02 Å². The molecule has 10 heteroatoms. The van der Waals surface area contributed by atoms with Crippen LogP contribution in [0.4, 0.5) is 0 Å². The number of aromatic carboxylic acids is 1. The molecule has 0 radical (unpaired) electrons. The molecule has 0 unspecified atom stereocenters. The number of carboxylic acids is 1. The molecule has 3 N–H and O–H groups in total. The van der Waals surface area contributed by atoms with Crippen molar-refractivity contribution in [1.29, 1.82) is 0 Å². The van der Waals surface area contributed by atoms with Gasteiger partial charge in [-0.15, -0.1) is 0 Å². The van der Waals surface area contributed by atoms with Gasteiger partial charge in [0, 0.05) is 5.56 Å². The second kappa shape index (κ2) is 11.0. The number of carboxylic acid groups (broad SMARTS) is 1. The summed E-state index contributed by atoms with van der Waals surface area (Å²) in [6.07, 6.45) is 1.26. The van der Waals surface area contributed by atoms with Crippen LogP contribution in [0.1, 0.15) is 23.0 Å². The number of amides is 2. The van der Waals surface area contributed by atoms with E-state index < -0.39 is 23.8 Å². The van der Waals surface area contributed by atoms with Gasteiger partial charge in [-0.3, -0.25) is 9.59 Å². The second-order valence-corrected chi connectivity index (χ2v) is 7.20. The number of benzene rings is 2. The number of halogens is 1. The van der Waals surface area contributed by atoms with E-state index in [2.05, 4.69) is 15.8 Å². The first-order chi connectivity index (χ1) is 15.8. The highest BCUT2D eigenvalue weighted by Gasteiger charge is 2.16. The average Bonchev–Trinajstić information content (AvgIpc) is 3.27. The summed E-state index contributed by atoms with van der Waals surface area (Å²) in [6, 6.07) is 15.5. The van der Waals surface area contributed by atoms with Gasteiger partial charge in [0.1, 0.15) is 23.3 Å². The highest BCUT2D eigenvalue weighted by Crippen LogP contribution is 2.25. The molecule has 1 atom stereocenters. The van der Waals surface area contributed by atoms with E-state index in [1.165, 1.54) is 19.2 Å². The quantitative estimate of drug-likeness (QED) is 0.325. The molecule has 33 heavy (non-hydrogen) atoms. The molecule has 2 aromatic carbocycles. The number of hydrogen-bond donors (Lipinski definition) is 3. The first kappa shape index (κ1) is 23.6. The first-order valence-corrected chi connectivity index (χ1v) is 10.1. The van der Waals surface area contributed by atoms with E-state index in [0.717, 1.165) is 0 Å². The maximum absolute atomic E-state index is 12.1. The van der Waals surface area contributed by atoms with Crippen molar-refractivity contribution < 1.29 is 28.6 Å². The summed E-state index contributed by atoms with van der Waals surface area (Å²) in [5.74, 6) is -1.12. The van der Waals surface area contributed by atoms with Gasteiger partial charge in [-0.2, -0.15) is 5.10 Å². The highest BCUT2D eigenvalue weighted by molar-refractivity contribution is 6.32. The molecule has 1 heterocycles. The molecule has 0 bridgehead atoms. The lowest BCUT2D eigenvalue weighted by Crippen LogP contribution is -2.45. The smallest absolute Gasteiger partial charge is 0.336 e. The monoisotopic (exact) mass is 469 g/mol. The van der Waals surface area contributed by atoms with Gasteiger partial charge in [0.05, 0.1) is 16.8 Å². The number of carbonyl (C=O) groups is 3. The standard InChI is InChI=1S/C23H20ClN3O6/c1-14(26-21(28)13-32-20-9-5-4-8-18(20)24)22(29)27-25-12-15-10-11-19(33-15)16-6-2-3-7-17(16)23(30)31/h2-12,14H,13H2,1H3,(H,26,28)(H,27,29)(H,30,31)/b25-12-/t14-/m1/s1. The number of nitrogens with one attached hydrogen (secondary N) is 2. The molecule has 0 fully saturated rings. The third kappa shape index (κ3) is 6.44. The molecule has 0 aliphatic heterocycles. The lowest BCUT2D eigenvalue weighted by atomic mass is 10.1. The fourth-order valence-electron chi connectivity index (χ4n) is 2.76. The maximum Gasteiger partial charge on any atom is 0.336 e. The molecule has 9 nitrogen and oxygen atoms in total. The third-order valence-electron chi connectivity index (χ3n) is 4.38. The predicted octanol–water partition coefficient (Wildman–Crippen LogP) is 3.33. The van der Waals surface area contributed by atoms with Crippen molar-refractivity contribution >= 4 is 35.6 Å². The summed E-state index contributed by atoms with van der Waals surface area (Å²) in [5.41, 5.74) is 2.82. The maximum atomic E-state index is 12.1. The van der Waals surface area contributed by atoms with Gasteiger partial charge in [0.15, 0.2) is 6.61 Å². The molecule has 2 amide bonds. The zero-order valence-electron chi connectivity index (χ0n) is 17.4. The topological polar surface area (TPSA) is 130 Å². The Bertz CT molecular complexity index is 1190.